The van der Waals surface area contributed by atoms with E-state index in [4.69, 9.17) is 4.74 Å². The van der Waals surface area contributed by atoms with Crippen LogP contribution in [-0.4, -0.2) is 33.0 Å². The van der Waals surface area contributed by atoms with Gasteiger partial charge in [0.1, 0.15) is 17.9 Å². The maximum absolute atomic E-state index is 12.7. The van der Waals surface area contributed by atoms with Crippen LogP contribution in [0.1, 0.15) is 21.5 Å². The third-order valence-corrected chi connectivity index (χ3v) is 5.55. The number of carbonyl (C=O) groups is 1. The van der Waals surface area contributed by atoms with E-state index in [9.17, 15) is 23.3 Å². The third kappa shape index (κ3) is 4.74. The average Bonchev–Trinajstić information content (AvgIpc) is 2.65. The van der Waals surface area contributed by atoms with Crippen molar-refractivity contribution in [2.45, 2.75) is 17.6 Å². The van der Waals surface area contributed by atoms with Crippen LogP contribution in [0.2, 0.25) is 0 Å². The Balaban J connectivity index is 2.57. The molecule has 0 spiro atoms. The van der Waals surface area contributed by atoms with Crippen LogP contribution in [0, 0.1) is 17.0 Å². The lowest BCUT2D eigenvalue weighted by molar-refractivity contribution is -0.385. The maximum Gasteiger partial charge on any atom is 0.341 e. The number of rotatable bonds is 8. The first kappa shape index (κ1) is 21.1. The number of esters is 1. The minimum Gasteiger partial charge on any atom is -0.489 e. The summed E-state index contributed by atoms with van der Waals surface area (Å²) in [6.45, 7) is 5.33. The van der Waals surface area contributed by atoms with Crippen molar-refractivity contribution in [1.82, 2.24) is 0 Å². The molecule has 2 aromatic carbocycles. The third-order valence-electron chi connectivity index (χ3n) is 3.87. The molecule has 0 aromatic heterocycles. The standard InChI is InChI=1S/C19H19NO7S/c1-4-9-27-18-10-14(17(20(22)23)11-16(18)19(21)26-3)12-28(24,25)15-7-5-13(2)6-8-15/h4-8,10-11H,1,9,12H2,2-3H3. The fourth-order valence-electron chi connectivity index (χ4n) is 2.47. The predicted octanol–water partition coefficient (Wildman–Crippen LogP) is 3.23. The van der Waals surface area contributed by atoms with E-state index < -0.39 is 32.2 Å². The van der Waals surface area contributed by atoms with Gasteiger partial charge in [-0.3, -0.25) is 10.1 Å². The summed E-state index contributed by atoms with van der Waals surface area (Å²) in [5.41, 5.74) is 0.0966. The summed E-state index contributed by atoms with van der Waals surface area (Å²) in [6, 6.07) is 8.30. The maximum atomic E-state index is 12.7. The van der Waals surface area contributed by atoms with Crippen LogP contribution in [0.25, 0.3) is 0 Å². The molecule has 0 aliphatic carbocycles. The second kappa shape index (κ2) is 8.66. The fraction of sp³-hybridized carbons (Fsp3) is 0.211. The molecule has 0 unspecified atom stereocenters. The Morgan fingerprint density at radius 1 is 1.25 bits per heavy atom. The summed E-state index contributed by atoms with van der Waals surface area (Å²) in [7, 11) is -2.73. The van der Waals surface area contributed by atoms with Crippen molar-refractivity contribution < 1.29 is 27.6 Å². The smallest absolute Gasteiger partial charge is 0.341 e. The summed E-state index contributed by atoms with van der Waals surface area (Å²) in [6.07, 6.45) is 1.42. The molecule has 0 heterocycles. The quantitative estimate of drug-likeness (QED) is 0.287. The second-order valence-electron chi connectivity index (χ2n) is 5.90. The van der Waals surface area contributed by atoms with E-state index in [1.165, 1.54) is 24.3 Å². The zero-order chi connectivity index (χ0) is 20.9. The summed E-state index contributed by atoms with van der Waals surface area (Å²) in [5.74, 6) is -1.49. The Hall–Kier alpha value is -3.20. The molecule has 0 aliphatic rings. The molecule has 0 bridgehead atoms. The van der Waals surface area contributed by atoms with E-state index in [-0.39, 0.29) is 28.4 Å². The number of nitro groups is 1. The van der Waals surface area contributed by atoms with Gasteiger partial charge in [0.05, 0.1) is 22.7 Å². The van der Waals surface area contributed by atoms with Gasteiger partial charge >= 0.3 is 5.97 Å². The van der Waals surface area contributed by atoms with E-state index >= 15 is 0 Å². The molecular formula is C19H19NO7S. The topological polar surface area (TPSA) is 113 Å². The normalized spacial score (nSPS) is 10.9. The molecule has 0 fully saturated rings. The highest BCUT2D eigenvalue weighted by Crippen LogP contribution is 2.32. The largest absolute Gasteiger partial charge is 0.489 e. The number of carbonyl (C=O) groups excluding carboxylic acids is 1. The van der Waals surface area contributed by atoms with Gasteiger partial charge in [-0.25, -0.2) is 13.2 Å². The van der Waals surface area contributed by atoms with Crippen LogP contribution in [0.5, 0.6) is 5.75 Å². The minimum absolute atomic E-state index is 0.0198. The number of ether oxygens (including phenoxy) is 2. The van der Waals surface area contributed by atoms with E-state index in [0.717, 1.165) is 18.7 Å². The molecule has 0 saturated carbocycles. The van der Waals surface area contributed by atoms with Crippen molar-refractivity contribution in [3.8, 4) is 5.75 Å². The number of benzene rings is 2. The van der Waals surface area contributed by atoms with Crippen molar-refractivity contribution in [3.63, 3.8) is 0 Å². The first-order valence-corrected chi connectivity index (χ1v) is 9.77. The number of nitro benzene ring substituents is 1. The van der Waals surface area contributed by atoms with E-state index in [1.807, 2.05) is 6.92 Å². The van der Waals surface area contributed by atoms with Gasteiger partial charge in [0.25, 0.3) is 5.69 Å². The number of sulfone groups is 1. The number of methoxy groups -OCH3 is 1. The van der Waals surface area contributed by atoms with Gasteiger partial charge < -0.3 is 9.47 Å². The van der Waals surface area contributed by atoms with Gasteiger partial charge in [0.2, 0.25) is 0 Å². The Kier molecular flexibility index (Phi) is 6.53. The van der Waals surface area contributed by atoms with Crippen molar-refractivity contribution in [2.24, 2.45) is 0 Å². The zero-order valence-electron chi connectivity index (χ0n) is 15.4. The van der Waals surface area contributed by atoms with Gasteiger partial charge in [0, 0.05) is 11.6 Å². The lowest BCUT2D eigenvalue weighted by atomic mass is 10.1. The average molecular weight is 405 g/mol. The Morgan fingerprint density at radius 3 is 2.43 bits per heavy atom. The van der Waals surface area contributed by atoms with Crippen LogP contribution < -0.4 is 4.74 Å². The summed E-state index contributed by atoms with van der Waals surface area (Å²) >= 11 is 0. The lowest BCUT2D eigenvalue weighted by Crippen LogP contribution is -2.11. The summed E-state index contributed by atoms with van der Waals surface area (Å²) in [4.78, 5) is 22.7. The first-order chi connectivity index (χ1) is 13.2. The van der Waals surface area contributed by atoms with Gasteiger partial charge in [-0.15, -0.1) is 0 Å². The molecule has 0 saturated heterocycles. The van der Waals surface area contributed by atoms with E-state index in [2.05, 4.69) is 11.3 Å². The molecule has 0 atom stereocenters. The van der Waals surface area contributed by atoms with E-state index in [0.29, 0.717) is 0 Å². The molecular weight excluding hydrogens is 386 g/mol. The fourth-order valence-corrected chi connectivity index (χ4v) is 3.83. The molecule has 28 heavy (non-hydrogen) atoms. The molecule has 0 aliphatic heterocycles. The minimum atomic E-state index is -3.86. The van der Waals surface area contributed by atoms with Crippen LogP contribution in [0.4, 0.5) is 5.69 Å². The molecule has 2 aromatic rings. The van der Waals surface area contributed by atoms with Crippen LogP contribution in [0.3, 0.4) is 0 Å². The van der Waals surface area contributed by atoms with Crippen molar-refractivity contribution in [2.75, 3.05) is 13.7 Å². The Morgan fingerprint density at radius 2 is 1.89 bits per heavy atom. The highest BCUT2D eigenvalue weighted by Gasteiger charge is 2.27. The molecule has 2 rings (SSSR count). The number of aryl methyl sites for hydroxylation is 1. The summed E-state index contributed by atoms with van der Waals surface area (Å²) in [5, 5.41) is 11.5. The van der Waals surface area contributed by atoms with Crippen LogP contribution in [-0.2, 0) is 20.3 Å². The first-order valence-electron chi connectivity index (χ1n) is 8.12. The summed E-state index contributed by atoms with van der Waals surface area (Å²) < 4.78 is 35.4. The molecule has 0 amide bonds. The van der Waals surface area contributed by atoms with Gasteiger partial charge in [-0.1, -0.05) is 30.4 Å². The van der Waals surface area contributed by atoms with E-state index in [1.54, 1.807) is 12.1 Å². The number of nitrogens with zero attached hydrogens (tertiary/aromatic N) is 1. The van der Waals surface area contributed by atoms with Crippen molar-refractivity contribution in [3.05, 3.63) is 75.9 Å². The van der Waals surface area contributed by atoms with Crippen molar-refractivity contribution in [1.29, 1.82) is 0 Å². The van der Waals surface area contributed by atoms with Crippen LogP contribution >= 0.6 is 0 Å². The molecule has 9 heteroatoms. The SMILES string of the molecule is C=CCOc1cc(CS(=O)(=O)c2ccc(C)cc2)c([N+](=O)[O-])cc1C(=O)OC. The van der Waals surface area contributed by atoms with Crippen LogP contribution in [0.15, 0.2) is 53.9 Å². The molecule has 148 valence electrons. The van der Waals surface area contributed by atoms with Gasteiger partial charge in [0.15, 0.2) is 9.84 Å². The Labute approximate surface area is 162 Å². The molecule has 0 radical (unpaired) electrons. The Bertz CT molecular complexity index is 1010. The highest BCUT2D eigenvalue weighted by molar-refractivity contribution is 7.90. The number of hydrogen-bond acceptors (Lipinski definition) is 7. The second-order valence-corrected chi connectivity index (χ2v) is 7.89. The monoisotopic (exact) mass is 405 g/mol. The highest BCUT2D eigenvalue weighted by atomic mass is 32.2. The molecule has 0 N–H and O–H groups in total. The zero-order valence-corrected chi connectivity index (χ0v) is 16.2. The van der Waals surface area contributed by atoms with Gasteiger partial charge in [-0.05, 0) is 25.1 Å². The van der Waals surface area contributed by atoms with Crippen molar-refractivity contribution >= 4 is 21.5 Å². The number of hydrogen-bond donors (Lipinski definition) is 0. The predicted molar refractivity (Wildman–Crippen MR) is 102 cm³/mol. The lowest BCUT2D eigenvalue weighted by Gasteiger charge is -2.12. The molecule has 8 nitrogen and oxygen atoms in total. The van der Waals surface area contributed by atoms with Gasteiger partial charge in [-0.2, -0.15) is 0 Å².